The third-order valence-electron chi connectivity index (χ3n) is 4.73. The van der Waals surface area contributed by atoms with Gasteiger partial charge < -0.3 is 9.47 Å². The molecule has 0 spiro atoms. The van der Waals surface area contributed by atoms with E-state index in [2.05, 4.69) is 56.0 Å². The maximum absolute atomic E-state index is 11.5. The third-order valence-corrected chi connectivity index (χ3v) is 4.73. The van der Waals surface area contributed by atoms with Gasteiger partial charge in [-0.3, -0.25) is 0 Å². The van der Waals surface area contributed by atoms with Gasteiger partial charge >= 0.3 is 5.97 Å². The molecule has 3 aromatic rings. The van der Waals surface area contributed by atoms with Gasteiger partial charge in [0.1, 0.15) is 5.75 Å². The largest absolute Gasteiger partial charge is 0.494 e. The lowest BCUT2D eigenvalue weighted by Gasteiger charge is -2.11. The predicted octanol–water partition coefficient (Wildman–Crippen LogP) is 6.30. The Morgan fingerprint density at radius 1 is 1.00 bits per heavy atom. The van der Waals surface area contributed by atoms with Gasteiger partial charge in [0, 0.05) is 5.56 Å². The summed E-state index contributed by atoms with van der Waals surface area (Å²) in [7, 11) is 1.37. The molecular weight excluding hydrogens is 384 g/mol. The number of ether oxygens (including phenoxy) is 2. The normalized spacial score (nSPS) is 10.4. The van der Waals surface area contributed by atoms with Gasteiger partial charge in [-0.1, -0.05) is 54.7 Å². The minimum absolute atomic E-state index is 0.354. The van der Waals surface area contributed by atoms with Crippen LogP contribution in [-0.4, -0.2) is 19.7 Å². The maximum Gasteiger partial charge on any atom is 0.337 e. The van der Waals surface area contributed by atoms with Gasteiger partial charge in [0.25, 0.3) is 0 Å². The van der Waals surface area contributed by atoms with E-state index in [1.54, 1.807) is 12.1 Å². The molecular formula is C28H26O3. The summed E-state index contributed by atoms with van der Waals surface area (Å²) in [6.45, 7) is 4.86. The number of carbonyl (C=O) groups is 1. The molecule has 3 heteroatoms. The van der Waals surface area contributed by atoms with Crippen molar-refractivity contribution >= 4 is 12.0 Å². The highest BCUT2D eigenvalue weighted by Gasteiger charge is 2.06. The molecule has 0 aliphatic heterocycles. The molecule has 0 aliphatic rings. The highest BCUT2D eigenvalue weighted by Crippen LogP contribution is 2.29. The Bertz CT molecular complexity index is 1110. The second-order valence-electron chi connectivity index (χ2n) is 7.14. The van der Waals surface area contributed by atoms with Gasteiger partial charge in [-0.05, 0) is 78.6 Å². The number of allylic oxidation sites excluding steroid dienone is 1. The van der Waals surface area contributed by atoms with E-state index in [1.165, 1.54) is 12.7 Å². The van der Waals surface area contributed by atoms with Crippen LogP contribution in [0.1, 0.15) is 40.4 Å². The molecule has 0 radical (unpaired) electrons. The van der Waals surface area contributed by atoms with Crippen molar-refractivity contribution in [1.29, 1.82) is 0 Å². The Balaban J connectivity index is 1.84. The van der Waals surface area contributed by atoms with E-state index < -0.39 is 0 Å². The molecule has 0 aliphatic carbocycles. The maximum atomic E-state index is 11.5. The lowest BCUT2D eigenvalue weighted by Crippen LogP contribution is -2.00. The number of rotatable bonds is 6. The summed E-state index contributed by atoms with van der Waals surface area (Å²) in [4.78, 5) is 11.5. The second kappa shape index (κ2) is 10.8. The molecule has 0 N–H and O–H groups in total. The SMILES string of the molecule is CCCOc1ccc(-c2ccc(C)cc2)c(/C=C/C#Cc2ccc(C(=O)OC)cc2)c1. The molecule has 0 saturated heterocycles. The zero-order valence-electron chi connectivity index (χ0n) is 18.1. The number of aryl methyl sites for hydroxylation is 1. The van der Waals surface area contributed by atoms with Crippen molar-refractivity contribution in [3.8, 4) is 28.7 Å². The zero-order chi connectivity index (χ0) is 22.1. The first kappa shape index (κ1) is 21.9. The van der Waals surface area contributed by atoms with Crippen LogP contribution in [0.4, 0.5) is 0 Å². The number of hydrogen-bond donors (Lipinski definition) is 0. The first-order chi connectivity index (χ1) is 15.1. The molecule has 0 heterocycles. The smallest absolute Gasteiger partial charge is 0.337 e. The van der Waals surface area contributed by atoms with Crippen LogP contribution in [-0.2, 0) is 4.74 Å². The van der Waals surface area contributed by atoms with Gasteiger partial charge in [-0.15, -0.1) is 0 Å². The van der Waals surface area contributed by atoms with Gasteiger partial charge in [-0.25, -0.2) is 4.79 Å². The monoisotopic (exact) mass is 410 g/mol. The van der Waals surface area contributed by atoms with E-state index in [0.717, 1.165) is 34.4 Å². The Morgan fingerprint density at radius 2 is 1.74 bits per heavy atom. The second-order valence-corrected chi connectivity index (χ2v) is 7.14. The van der Waals surface area contributed by atoms with E-state index in [1.807, 2.05) is 36.4 Å². The van der Waals surface area contributed by atoms with E-state index in [0.29, 0.717) is 12.2 Å². The Hall–Kier alpha value is -3.77. The molecule has 0 unspecified atom stereocenters. The first-order valence-corrected chi connectivity index (χ1v) is 10.3. The molecule has 156 valence electrons. The summed E-state index contributed by atoms with van der Waals surface area (Å²) in [6, 6.07) is 21.7. The Morgan fingerprint density at radius 3 is 2.42 bits per heavy atom. The van der Waals surface area contributed by atoms with Crippen molar-refractivity contribution in [3.05, 3.63) is 95.1 Å². The Kier molecular flexibility index (Phi) is 7.67. The van der Waals surface area contributed by atoms with Gasteiger partial charge in [-0.2, -0.15) is 0 Å². The minimum Gasteiger partial charge on any atom is -0.494 e. The average Bonchev–Trinajstić information content (AvgIpc) is 2.81. The summed E-state index contributed by atoms with van der Waals surface area (Å²) < 4.78 is 10.5. The number of hydrogen-bond acceptors (Lipinski definition) is 3. The molecule has 3 rings (SSSR count). The predicted molar refractivity (Wildman–Crippen MR) is 126 cm³/mol. The highest BCUT2D eigenvalue weighted by atomic mass is 16.5. The van der Waals surface area contributed by atoms with Crippen molar-refractivity contribution in [2.45, 2.75) is 20.3 Å². The van der Waals surface area contributed by atoms with Crippen LogP contribution < -0.4 is 4.74 Å². The van der Waals surface area contributed by atoms with Crippen molar-refractivity contribution < 1.29 is 14.3 Å². The van der Waals surface area contributed by atoms with Crippen LogP contribution in [0.15, 0.2) is 72.8 Å². The van der Waals surface area contributed by atoms with Crippen molar-refractivity contribution in [2.24, 2.45) is 0 Å². The molecule has 3 aromatic carbocycles. The summed E-state index contributed by atoms with van der Waals surface area (Å²) in [6.07, 6.45) is 4.81. The van der Waals surface area contributed by atoms with E-state index in [-0.39, 0.29) is 5.97 Å². The number of esters is 1. The van der Waals surface area contributed by atoms with Crippen LogP contribution >= 0.6 is 0 Å². The van der Waals surface area contributed by atoms with Crippen LogP contribution in [0.2, 0.25) is 0 Å². The zero-order valence-corrected chi connectivity index (χ0v) is 18.1. The topological polar surface area (TPSA) is 35.5 Å². The van der Waals surface area contributed by atoms with Crippen molar-refractivity contribution in [1.82, 2.24) is 0 Å². The minimum atomic E-state index is -0.354. The van der Waals surface area contributed by atoms with Gasteiger partial charge in [0.2, 0.25) is 0 Å². The van der Waals surface area contributed by atoms with Gasteiger partial charge in [0.15, 0.2) is 0 Å². The number of methoxy groups -OCH3 is 1. The standard InChI is InChI=1S/C28H26O3/c1-4-19-31-26-17-18-27(23-13-9-21(2)10-14-23)25(20-26)8-6-5-7-22-11-15-24(16-12-22)28(29)30-3/h6,8-18,20H,4,19H2,1-3H3/b8-6+. The molecule has 0 saturated carbocycles. The summed E-state index contributed by atoms with van der Waals surface area (Å²) in [5, 5.41) is 0. The molecule has 0 amide bonds. The molecule has 0 atom stereocenters. The van der Waals surface area contributed by atoms with Gasteiger partial charge in [0.05, 0.1) is 19.3 Å². The molecule has 0 bridgehead atoms. The van der Waals surface area contributed by atoms with Crippen LogP contribution in [0.5, 0.6) is 5.75 Å². The third kappa shape index (κ3) is 6.10. The first-order valence-electron chi connectivity index (χ1n) is 10.3. The van der Waals surface area contributed by atoms with E-state index in [4.69, 9.17) is 9.47 Å². The lowest BCUT2D eigenvalue weighted by molar-refractivity contribution is 0.0600. The molecule has 31 heavy (non-hydrogen) atoms. The molecule has 3 nitrogen and oxygen atoms in total. The van der Waals surface area contributed by atoms with Crippen LogP contribution in [0.25, 0.3) is 17.2 Å². The highest BCUT2D eigenvalue weighted by molar-refractivity contribution is 5.89. The van der Waals surface area contributed by atoms with E-state index >= 15 is 0 Å². The van der Waals surface area contributed by atoms with Crippen LogP contribution in [0, 0.1) is 18.8 Å². The quantitative estimate of drug-likeness (QED) is 0.353. The fourth-order valence-corrected chi connectivity index (χ4v) is 3.05. The number of benzene rings is 3. The summed E-state index contributed by atoms with van der Waals surface area (Å²) in [5.74, 6) is 6.67. The fraction of sp³-hybridized carbons (Fsp3) is 0.179. The van der Waals surface area contributed by atoms with Crippen molar-refractivity contribution in [2.75, 3.05) is 13.7 Å². The number of carbonyl (C=O) groups excluding carboxylic acids is 1. The van der Waals surface area contributed by atoms with Crippen LogP contribution in [0.3, 0.4) is 0 Å². The summed E-state index contributed by atoms with van der Waals surface area (Å²) >= 11 is 0. The average molecular weight is 411 g/mol. The molecule has 0 fully saturated rings. The molecule has 0 aromatic heterocycles. The summed E-state index contributed by atoms with van der Waals surface area (Å²) in [5.41, 5.74) is 5.90. The van der Waals surface area contributed by atoms with E-state index in [9.17, 15) is 4.79 Å². The Labute approximate surface area is 184 Å². The van der Waals surface area contributed by atoms with Crippen molar-refractivity contribution in [3.63, 3.8) is 0 Å². The fourth-order valence-electron chi connectivity index (χ4n) is 3.05. The lowest BCUT2D eigenvalue weighted by atomic mass is 9.98.